The minimum Gasteiger partial charge on any atom is -0.350 e. The van der Waals surface area contributed by atoms with Crippen molar-refractivity contribution in [2.24, 2.45) is 0 Å². The van der Waals surface area contributed by atoms with Crippen molar-refractivity contribution in [3.63, 3.8) is 0 Å². The molecule has 0 fully saturated rings. The quantitative estimate of drug-likeness (QED) is 0.544. The van der Waals surface area contributed by atoms with Gasteiger partial charge in [0, 0.05) is 23.1 Å². The second-order valence-corrected chi connectivity index (χ2v) is 7.29. The number of halogens is 6. The van der Waals surface area contributed by atoms with E-state index in [1.807, 2.05) is 0 Å². The van der Waals surface area contributed by atoms with Gasteiger partial charge in [0.05, 0.1) is 0 Å². The van der Waals surface area contributed by atoms with Gasteiger partial charge < -0.3 is 10.6 Å². The summed E-state index contributed by atoms with van der Waals surface area (Å²) in [5.74, 6) is -14.9. The number of benzene rings is 2. The zero-order valence-electron chi connectivity index (χ0n) is 15.5. The molecule has 4 nitrogen and oxygen atoms in total. The van der Waals surface area contributed by atoms with Crippen molar-refractivity contribution in [3.8, 4) is 0 Å². The Hall–Kier alpha value is -2.32. The summed E-state index contributed by atoms with van der Waals surface area (Å²) in [5, 5.41) is 4.28. The maximum Gasteiger partial charge on any atom is 0.395 e. The van der Waals surface area contributed by atoms with Crippen molar-refractivity contribution >= 4 is 35.0 Å². The van der Waals surface area contributed by atoms with Gasteiger partial charge in [-0.2, -0.15) is 17.6 Å². The maximum absolute atomic E-state index is 14.0. The Morgan fingerprint density at radius 3 is 1.43 bits per heavy atom. The Balaban J connectivity index is 1.89. The zero-order chi connectivity index (χ0) is 22.4. The van der Waals surface area contributed by atoms with Crippen LogP contribution in [0.5, 0.6) is 0 Å². The smallest absolute Gasteiger partial charge is 0.350 e. The molecule has 0 bridgehead atoms. The SMILES string of the molecule is O=C(NCCc1cccc(Cl)c1)C(F)(F)C(F)(F)C(=O)NCCc1cccc(Cl)c1. The van der Waals surface area contributed by atoms with Crippen molar-refractivity contribution < 1.29 is 27.2 Å². The van der Waals surface area contributed by atoms with E-state index in [0.29, 0.717) is 21.2 Å². The van der Waals surface area contributed by atoms with Crippen molar-refractivity contribution in [1.82, 2.24) is 10.6 Å². The number of hydrogen-bond acceptors (Lipinski definition) is 2. The lowest BCUT2D eigenvalue weighted by molar-refractivity contribution is -0.211. The van der Waals surface area contributed by atoms with Crippen molar-refractivity contribution in [3.05, 3.63) is 69.7 Å². The fraction of sp³-hybridized carbons (Fsp3) is 0.300. The third-order valence-corrected chi connectivity index (χ3v) is 4.61. The minimum atomic E-state index is -5.22. The summed E-state index contributed by atoms with van der Waals surface area (Å²) >= 11 is 11.6. The van der Waals surface area contributed by atoms with Gasteiger partial charge in [-0.1, -0.05) is 47.5 Å². The number of hydrogen-bond donors (Lipinski definition) is 2. The number of nitrogens with one attached hydrogen (secondary N) is 2. The van der Waals surface area contributed by atoms with Gasteiger partial charge >= 0.3 is 11.8 Å². The zero-order valence-corrected chi connectivity index (χ0v) is 17.0. The monoisotopic (exact) mass is 464 g/mol. The molecular weight excluding hydrogens is 447 g/mol. The lowest BCUT2D eigenvalue weighted by Gasteiger charge is -2.24. The van der Waals surface area contributed by atoms with E-state index >= 15 is 0 Å². The number of rotatable bonds is 9. The molecule has 2 N–H and O–H groups in total. The molecule has 0 aliphatic rings. The molecule has 2 rings (SSSR count). The van der Waals surface area contributed by atoms with Crippen LogP contribution in [0.4, 0.5) is 17.6 Å². The summed E-state index contributed by atoms with van der Waals surface area (Å²) in [6.07, 6.45) is 0.194. The van der Waals surface area contributed by atoms with Crippen LogP contribution in [0.3, 0.4) is 0 Å². The highest BCUT2D eigenvalue weighted by molar-refractivity contribution is 6.30. The lowest BCUT2D eigenvalue weighted by Crippen LogP contribution is -2.59. The standard InChI is InChI=1S/C20H18Cl2F4N2O2/c21-15-5-1-3-13(11-15)7-9-27-17(29)19(23,24)20(25,26)18(30)28-10-8-14-4-2-6-16(22)12-14/h1-6,11-12H,7-10H2,(H,27,29)(H,28,30). The van der Waals surface area contributed by atoms with E-state index in [4.69, 9.17) is 23.2 Å². The van der Waals surface area contributed by atoms with E-state index < -0.39 is 23.7 Å². The van der Waals surface area contributed by atoms with E-state index in [1.165, 1.54) is 0 Å². The number of amides is 2. The minimum absolute atomic E-state index is 0.0970. The molecule has 0 radical (unpaired) electrons. The lowest BCUT2D eigenvalue weighted by atomic mass is 10.1. The molecule has 10 heteroatoms. The van der Waals surface area contributed by atoms with Crippen molar-refractivity contribution in [1.29, 1.82) is 0 Å². The van der Waals surface area contributed by atoms with Crippen LogP contribution in [0.15, 0.2) is 48.5 Å². The van der Waals surface area contributed by atoms with Gasteiger partial charge in [-0.25, -0.2) is 0 Å². The molecule has 0 aliphatic carbocycles. The number of carbonyl (C=O) groups is 2. The van der Waals surface area contributed by atoms with E-state index in [-0.39, 0.29) is 25.9 Å². The van der Waals surface area contributed by atoms with Gasteiger partial charge in [-0.15, -0.1) is 0 Å². The van der Waals surface area contributed by atoms with Crippen LogP contribution in [-0.4, -0.2) is 36.7 Å². The predicted octanol–water partition coefficient (Wildman–Crippen LogP) is 4.28. The summed E-state index contributed by atoms with van der Waals surface area (Å²) in [5.41, 5.74) is 1.24. The van der Waals surface area contributed by atoms with Crippen molar-refractivity contribution in [2.75, 3.05) is 13.1 Å². The number of carbonyl (C=O) groups excluding carboxylic acids is 2. The molecular formula is C20H18Cl2F4N2O2. The molecule has 0 saturated heterocycles. The first-order chi connectivity index (χ1) is 14.0. The summed E-state index contributed by atoms with van der Waals surface area (Å²) in [7, 11) is 0. The van der Waals surface area contributed by atoms with E-state index in [0.717, 1.165) is 0 Å². The van der Waals surface area contributed by atoms with Crippen LogP contribution < -0.4 is 10.6 Å². The van der Waals surface area contributed by atoms with E-state index in [9.17, 15) is 27.2 Å². The average Bonchev–Trinajstić information content (AvgIpc) is 2.67. The highest BCUT2D eigenvalue weighted by Gasteiger charge is 2.66. The Morgan fingerprint density at radius 2 is 1.10 bits per heavy atom. The van der Waals surface area contributed by atoms with E-state index in [1.54, 1.807) is 59.2 Å². The molecule has 0 atom stereocenters. The van der Waals surface area contributed by atoms with Crippen LogP contribution in [-0.2, 0) is 22.4 Å². The molecule has 30 heavy (non-hydrogen) atoms. The fourth-order valence-corrected chi connectivity index (χ4v) is 2.96. The van der Waals surface area contributed by atoms with Crippen LogP contribution in [0.1, 0.15) is 11.1 Å². The molecule has 0 unspecified atom stereocenters. The van der Waals surface area contributed by atoms with Crippen LogP contribution >= 0.6 is 23.2 Å². The molecule has 0 heterocycles. The van der Waals surface area contributed by atoms with Crippen LogP contribution in [0.2, 0.25) is 10.0 Å². The maximum atomic E-state index is 14.0. The molecule has 162 valence electrons. The van der Waals surface area contributed by atoms with Gasteiger partial charge in [0.25, 0.3) is 11.8 Å². The van der Waals surface area contributed by atoms with Gasteiger partial charge in [0.2, 0.25) is 0 Å². The summed E-state index contributed by atoms with van der Waals surface area (Å²) in [4.78, 5) is 23.3. The first kappa shape index (κ1) is 24.0. The predicted molar refractivity (Wildman–Crippen MR) is 106 cm³/mol. The molecule has 2 aromatic carbocycles. The molecule has 2 aromatic rings. The summed E-state index contributed by atoms with van der Waals surface area (Å²) < 4.78 is 55.9. The fourth-order valence-electron chi connectivity index (χ4n) is 2.53. The van der Waals surface area contributed by atoms with Gasteiger partial charge in [0.1, 0.15) is 0 Å². The molecule has 2 amide bonds. The average molecular weight is 465 g/mol. The summed E-state index contributed by atoms with van der Waals surface area (Å²) in [6, 6.07) is 12.8. The van der Waals surface area contributed by atoms with Crippen LogP contribution in [0.25, 0.3) is 0 Å². The normalized spacial score (nSPS) is 11.8. The second kappa shape index (κ2) is 10.1. The van der Waals surface area contributed by atoms with Gasteiger partial charge in [0.15, 0.2) is 0 Å². The molecule has 0 spiro atoms. The molecule has 0 aromatic heterocycles. The largest absolute Gasteiger partial charge is 0.395 e. The van der Waals surface area contributed by atoms with Crippen molar-refractivity contribution in [2.45, 2.75) is 24.7 Å². The first-order valence-electron chi connectivity index (χ1n) is 8.85. The highest BCUT2D eigenvalue weighted by atomic mass is 35.5. The Morgan fingerprint density at radius 1 is 0.733 bits per heavy atom. The molecule has 0 aliphatic heterocycles. The summed E-state index contributed by atoms with van der Waals surface area (Å²) in [6.45, 7) is -0.664. The Bertz CT molecular complexity index is 836. The van der Waals surface area contributed by atoms with E-state index in [2.05, 4.69) is 0 Å². The third kappa shape index (κ3) is 6.09. The van der Waals surface area contributed by atoms with Crippen LogP contribution in [0, 0.1) is 0 Å². The van der Waals surface area contributed by atoms with Gasteiger partial charge in [-0.3, -0.25) is 9.59 Å². The number of alkyl halides is 4. The van der Waals surface area contributed by atoms with Gasteiger partial charge in [-0.05, 0) is 48.2 Å². The molecule has 0 saturated carbocycles. The third-order valence-electron chi connectivity index (χ3n) is 4.14. The Kier molecular flexibility index (Phi) is 8.09. The first-order valence-corrected chi connectivity index (χ1v) is 9.61. The topological polar surface area (TPSA) is 58.2 Å². The Labute approximate surface area is 180 Å². The second-order valence-electron chi connectivity index (χ2n) is 6.42. The highest BCUT2D eigenvalue weighted by Crippen LogP contribution is 2.34.